The van der Waals surface area contributed by atoms with Crippen LogP contribution in [-0.4, -0.2) is 9.55 Å². The summed E-state index contributed by atoms with van der Waals surface area (Å²) in [6.45, 7) is 0.421. The summed E-state index contributed by atoms with van der Waals surface area (Å²) in [5, 5.41) is 0. The third-order valence-corrected chi connectivity index (χ3v) is 4.09. The second-order valence-corrected chi connectivity index (χ2v) is 5.58. The first-order chi connectivity index (χ1) is 10.6. The predicted octanol–water partition coefficient (Wildman–Crippen LogP) is 4.04. The third kappa shape index (κ3) is 2.67. The van der Waals surface area contributed by atoms with E-state index in [4.69, 9.17) is 5.73 Å². The summed E-state index contributed by atoms with van der Waals surface area (Å²) < 4.78 is 29.7. The van der Waals surface area contributed by atoms with Crippen LogP contribution in [0, 0.1) is 11.6 Å². The standard InChI is InChI=1S/C16H12BrF2N3/c17-14-8-12(3-1-10(14)9-20)22-6-5-21-16(22)13-4-2-11(18)7-15(13)19/h1-8H,9,20H2. The molecule has 0 atom stereocenters. The molecule has 22 heavy (non-hydrogen) atoms. The fourth-order valence-corrected chi connectivity index (χ4v) is 2.76. The van der Waals surface area contributed by atoms with Crippen molar-refractivity contribution in [3.8, 4) is 17.1 Å². The summed E-state index contributed by atoms with van der Waals surface area (Å²) in [6, 6.07) is 9.10. The van der Waals surface area contributed by atoms with Gasteiger partial charge in [0.2, 0.25) is 0 Å². The lowest BCUT2D eigenvalue weighted by Crippen LogP contribution is -2.01. The first-order valence-electron chi connectivity index (χ1n) is 6.58. The molecule has 112 valence electrons. The van der Waals surface area contributed by atoms with Crippen LogP contribution >= 0.6 is 15.9 Å². The van der Waals surface area contributed by atoms with E-state index in [9.17, 15) is 8.78 Å². The number of aromatic nitrogens is 2. The summed E-state index contributed by atoms with van der Waals surface area (Å²) in [4.78, 5) is 4.19. The Morgan fingerprint density at radius 1 is 1.14 bits per heavy atom. The fraction of sp³-hybridized carbons (Fsp3) is 0.0625. The molecule has 2 N–H and O–H groups in total. The van der Waals surface area contributed by atoms with Crippen molar-refractivity contribution in [3.05, 3.63) is 70.5 Å². The number of hydrogen-bond acceptors (Lipinski definition) is 2. The van der Waals surface area contributed by atoms with E-state index in [0.29, 0.717) is 12.4 Å². The molecule has 3 rings (SSSR count). The number of halogens is 3. The average molecular weight is 364 g/mol. The third-order valence-electron chi connectivity index (χ3n) is 3.35. The first-order valence-corrected chi connectivity index (χ1v) is 7.37. The van der Waals surface area contributed by atoms with E-state index < -0.39 is 11.6 Å². The van der Waals surface area contributed by atoms with Gasteiger partial charge in [0.15, 0.2) is 0 Å². The second-order valence-electron chi connectivity index (χ2n) is 4.72. The number of nitrogens with zero attached hydrogens (tertiary/aromatic N) is 2. The summed E-state index contributed by atoms with van der Waals surface area (Å²) in [7, 11) is 0. The molecule has 3 aromatic rings. The summed E-state index contributed by atoms with van der Waals surface area (Å²) in [5.74, 6) is -0.857. The molecule has 0 bridgehead atoms. The van der Waals surface area contributed by atoms with Crippen LogP contribution in [0.4, 0.5) is 8.78 Å². The zero-order valence-corrected chi connectivity index (χ0v) is 13.0. The van der Waals surface area contributed by atoms with Gasteiger partial charge in [0.1, 0.15) is 17.5 Å². The minimum Gasteiger partial charge on any atom is -0.326 e. The maximum absolute atomic E-state index is 14.0. The van der Waals surface area contributed by atoms with E-state index in [1.807, 2.05) is 18.2 Å². The molecule has 0 aliphatic heterocycles. The van der Waals surface area contributed by atoms with Gasteiger partial charge in [-0.1, -0.05) is 22.0 Å². The van der Waals surface area contributed by atoms with Crippen molar-refractivity contribution >= 4 is 15.9 Å². The monoisotopic (exact) mass is 363 g/mol. The molecule has 1 heterocycles. The highest BCUT2D eigenvalue weighted by Gasteiger charge is 2.13. The van der Waals surface area contributed by atoms with Gasteiger partial charge in [0, 0.05) is 35.2 Å². The van der Waals surface area contributed by atoms with Crippen LogP contribution < -0.4 is 5.73 Å². The molecule has 6 heteroatoms. The minimum absolute atomic E-state index is 0.241. The Bertz CT molecular complexity index is 830. The van der Waals surface area contributed by atoms with Gasteiger partial charge < -0.3 is 5.73 Å². The molecule has 0 saturated carbocycles. The Morgan fingerprint density at radius 3 is 2.64 bits per heavy atom. The van der Waals surface area contributed by atoms with Crippen molar-refractivity contribution in [2.45, 2.75) is 6.54 Å². The second kappa shape index (κ2) is 5.98. The highest BCUT2D eigenvalue weighted by atomic mass is 79.9. The van der Waals surface area contributed by atoms with Gasteiger partial charge in [-0.05, 0) is 29.8 Å². The molecule has 0 spiro atoms. The van der Waals surface area contributed by atoms with Crippen molar-refractivity contribution in [1.29, 1.82) is 0 Å². The highest BCUT2D eigenvalue weighted by molar-refractivity contribution is 9.10. The lowest BCUT2D eigenvalue weighted by molar-refractivity contribution is 0.584. The average Bonchev–Trinajstić information content (AvgIpc) is 2.96. The van der Waals surface area contributed by atoms with Crippen molar-refractivity contribution in [3.63, 3.8) is 0 Å². The molecule has 1 aromatic heterocycles. The Kier molecular flexibility index (Phi) is 4.04. The normalized spacial score (nSPS) is 10.9. The number of hydrogen-bond donors (Lipinski definition) is 1. The summed E-state index contributed by atoms with van der Waals surface area (Å²) in [6.07, 6.45) is 3.30. The van der Waals surface area contributed by atoms with E-state index in [-0.39, 0.29) is 5.56 Å². The zero-order valence-electron chi connectivity index (χ0n) is 11.4. The molecule has 0 amide bonds. The number of benzene rings is 2. The lowest BCUT2D eigenvalue weighted by Gasteiger charge is -2.11. The van der Waals surface area contributed by atoms with Crippen molar-refractivity contribution in [2.75, 3.05) is 0 Å². The largest absolute Gasteiger partial charge is 0.326 e. The maximum atomic E-state index is 14.0. The Morgan fingerprint density at radius 2 is 1.95 bits per heavy atom. The van der Waals surface area contributed by atoms with E-state index in [1.165, 1.54) is 12.1 Å². The highest BCUT2D eigenvalue weighted by Crippen LogP contribution is 2.27. The Hall–Kier alpha value is -2.05. The molecular formula is C16H12BrF2N3. The summed E-state index contributed by atoms with van der Waals surface area (Å²) in [5.41, 5.74) is 7.66. The number of imidazole rings is 1. The Labute approximate surface area is 134 Å². The Balaban J connectivity index is 2.11. The van der Waals surface area contributed by atoms with Crippen molar-refractivity contribution in [1.82, 2.24) is 9.55 Å². The molecule has 2 aromatic carbocycles. The van der Waals surface area contributed by atoms with E-state index in [2.05, 4.69) is 20.9 Å². The minimum atomic E-state index is -0.648. The molecule has 0 aliphatic rings. The van der Waals surface area contributed by atoms with Gasteiger partial charge in [0.05, 0.1) is 5.56 Å². The maximum Gasteiger partial charge on any atom is 0.147 e. The topological polar surface area (TPSA) is 43.8 Å². The van der Waals surface area contributed by atoms with Gasteiger partial charge in [-0.2, -0.15) is 0 Å². The first kappa shape index (κ1) is 14.9. The molecule has 0 saturated heterocycles. The van der Waals surface area contributed by atoms with Crippen LogP contribution in [0.2, 0.25) is 0 Å². The van der Waals surface area contributed by atoms with Crippen LogP contribution in [0.15, 0.2) is 53.3 Å². The van der Waals surface area contributed by atoms with Gasteiger partial charge >= 0.3 is 0 Å². The molecular weight excluding hydrogens is 352 g/mol. The van der Waals surface area contributed by atoms with Crippen LogP contribution in [0.3, 0.4) is 0 Å². The summed E-state index contributed by atoms with van der Waals surface area (Å²) >= 11 is 3.46. The molecule has 0 fully saturated rings. The number of nitrogens with two attached hydrogens (primary N) is 1. The van der Waals surface area contributed by atoms with Crippen LogP contribution in [0.25, 0.3) is 17.1 Å². The van der Waals surface area contributed by atoms with Crippen LogP contribution in [0.1, 0.15) is 5.56 Å². The van der Waals surface area contributed by atoms with Gasteiger partial charge in [-0.3, -0.25) is 4.57 Å². The molecule has 0 radical (unpaired) electrons. The SMILES string of the molecule is NCc1ccc(-n2ccnc2-c2ccc(F)cc2F)cc1Br. The van der Waals surface area contributed by atoms with Gasteiger partial charge in [-0.25, -0.2) is 13.8 Å². The van der Waals surface area contributed by atoms with Gasteiger partial charge in [0.25, 0.3) is 0 Å². The van der Waals surface area contributed by atoms with Gasteiger partial charge in [-0.15, -0.1) is 0 Å². The molecule has 3 nitrogen and oxygen atoms in total. The van der Waals surface area contributed by atoms with E-state index in [1.54, 1.807) is 17.0 Å². The van der Waals surface area contributed by atoms with E-state index in [0.717, 1.165) is 21.8 Å². The van der Waals surface area contributed by atoms with Crippen LogP contribution in [0.5, 0.6) is 0 Å². The molecule has 0 unspecified atom stereocenters. The van der Waals surface area contributed by atoms with Crippen molar-refractivity contribution < 1.29 is 8.78 Å². The zero-order chi connectivity index (χ0) is 15.7. The van der Waals surface area contributed by atoms with Crippen LogP contribution in [-0.2, 0) is 6.54 Å². The van der Waals surface area contributed by atoms with Crippen molar-refractivity contribution in [2.24, 2.45) is 5.73 Å². The fourth-order valence-electron chi connectivity index (χ4n) is 2.23. The predicted molar refractivity (Wildman–Crippen MR) is 84.5 cm³/mol. The quantitative estimate of drug-likeness (QED) is 0.763. The molecule has 0 aliphatic carbocycles. The lowest BCUT2D eigenvalue weighted by atomic mass is 10.1. The smallest absolute Gasteiger partial charge is 0.147 e. The number of rotatable bonds is 3. The van der Waals surface area contributed by atoms with E-state index >= 15 is 0 Å².